The van der Waals surface area contributed by atoms with E-state index >= 15 is 0 Å². The summed E-state index contributed by atoms with van der Waals surface area (Å²) in [6.45, 7) is 1.01. The molecule has 1 aromatic heterocycles. The summed E-state index contributed by atoms with van der Waals surface area (Å²) in [5.41, 5.74) is 5.96. The molecule has 0 aliphatic carbocycles. The fraction of sp³-hybridized carbons (Fsp3) is 0.300. The number of nitrogens with zero attached hydrogens (tertiary/aromatic N) is 2. The summed E-state index contributed by atoms with van der Waals surface area (Å²) in [5.74, 6) is 0.206. The SMILES string of the molecule is CN=C(N)NCCNC(=O)c1cccnc1.I. The lowest BCUT2D eigenvalue weighted by molar-refractivity contribution is 0.0954. The van der Waals surface area contributed by atoms with Gasteiger partial charge in [0.1, 0.15) is 0 Å². The van der Waals surface area contributed by atoms with Crippen LogP contribution in [0.1, 0.15) is 10.4 Å². The Hall–Kier alpha value is -1.38. The monoisotopic (exact) mass is 349 g/mol. The summed E-state index contributed by atoms with van der Waals surface area (Å²) in [6.07, 6.45) is 3.14. The van der Waals surface area contributed by atoms with Crippen molar-refractivity contribution in [1.29, 1.82) is 0 Å². The number of hydrogen-bond acceptors (Lipinski definition) is 3. The van der Waals surface area contributed by atoms with Gasteiger partial charge in [0.25, 0.3) is 5.91 Å². The molecule has 17 heavy (non-hydrogen) atoms. The van der Waals surface area contributed by atoms with Gasteiger partial charge in [0.2, 0.25) is 0 Å². The number of guanidine groups is 1. The molecule has 6 nitrogen and oxygen atoms in total. The number of halogens is 1. The number of rotatable bonds is 4. The summed E-state index contributed by atoms with van der Waals surface area (Å²) in [4.78, 5) is 19.1. The van der Waals surface area contributed by atoms with Crippen molar-refractivity contribution in [3.63, 3.8) is 0 Å². The van der Waals surface area contributed by atoms with Crippen LogP contribution >= 0.6 is 24.0 Å². The van der Waals surface area contributed by atoms with Gasteiger partial charge in [-0.25, -0.2) is 0 Å². The lowest BCUT2D eigenvalue weighted by atomic mass is 10.3. The molecular weight excluding hydrogens is 333 g/mol. The zero-order valence-electron chi connectivity index (χ0n) is 9.51. The molecule has 0 radical (unpaired) electrons. The van der Waals surface area contributed by atoms with E-state index in [1.54, 1.807) is 25.4 Å². The molecule has 7 heteroatoms. The maximum absolute atomic E-state index is 11.5. The van der Waals surface area contributed by atoms with Gasteiger partial charge in [0.05, 0.1) is 5.56 Å². The minimum Gasteiger partial charge on any atom is -0.370 e. The van der Waals surface area contributed by atoms with E-state index in [9.17, 15) is 4.79 Å². The van der Waals surface area contributed by atoms with Gasteiger partial charge >= 0.3 is 0 Å². The van der Waals surface area contributed by atoms with Crippen LogP contribution in [-0.2, 0) is 0 Å². The van der Waals surface area contributed by atoms with E-state index in [-0.39, 0.29) is 29.9 Å². The van der Waals surface area contributed by atoms with E-state index < -0.39 is 0 Å². The Morgan fingerprint density at radius 3 is 2.76 bits per heavy atom. The van der Waals surface area contributed by atoms with Crippen molar-refractivity contribution in [3.05, 3.63) is 30.1 Å². The van der Waals surface area contributed by atoms with Crippen LogP contribution in [-0.4, -0.2) is 37.0 Å². The normalized spacial score (nSPS) is 10.3. The number of pyridine rings is 1. The molecule has 0 spiro atoms. The molecule has 0 aliphatic heterocycles. The van der Waals surface area contributed by atoms with Crippen LogP contribution in [0.15, 0.2) is 29.5 Å². The van der Waals surface area contributed by atoms with E-state index in [1.165, 1.54) is 6.20 Å². The molecule has 0 aliphatic rings. The average Bonchev–Trinajstić information content (AvgIpc) is 2.35. The Morgan fingerprint density at radius 2 is 2.18 bits per heavy atom. The Morgan fingerprint density at radius 1 is 1.47 bits per heavy atom. The van der Waals surface area contributed by atoms with Crippen molar-refractivity contribution in [1.82, 2.24) is 15.6 Å². The Bertz CT molecular complexity index is 368. The third-order valence-corrected chi connectivity index (χ3v) is 1.88. The first-order chi connectivity index (χ1) is 7.74. The van der Waals surface area contributed by atoms with Gasteiger partial charge in [-0.05, 0) is 12.1 Å². The van der Waals surface area contributed by atoms with Crippen LogP contribution in [0.5, 0.6) is 0 Å². The molecule has 1 amide bonds. The molecule has 1 rings (SSSR count). The van der Waals surface area contributed by atoms with E-state index in [0.29, 0.717) is 24.6 Å². The molecule has 0 bridgehead atoms. The zero-order chi connectivity index (χ0) is 11.8. The van der Waals surface area contributed by atoms with Gasteiger partial charge in [-0.2, -0.15) is 0 Å². The molecule has 0 saturated carbocycles. The molecule has 1 aromatic rings. The number of nitrogens with one attached hydrogen (secondary N) is 2. The molecular formula is C10H16IN5O. The molecule has 1 heterocycles. The van der Waals surface area contributed by atoms with E-state index in [1.807, 2.05) is 0 Å². The van der Waals surface area contributed by atoms with Crippen LogP contribution in [0, 0.1) is 0 Å². The predicted molar refractivity (Wildman–Crippen MR) is 77.5 cm³/mol. The third-order valence-electron chi connectivity index (χ3n) is 1.88. The topological polar surface area (TPSA) is 92.4 Å². The van der Waals surface area contributed by atoms with E-state index in [0.717, 1.165) is 0 Å². The fourth-order valence-electron chi connectivity index (χ4n) is 1.04. The van der Waals surface area contributed by atoms with Gasteiger partial charge in [-0.15, -0.1) is 24.0 Å². The van der Waals surface area contributed by atoms with Gasteiger partial charge in [-0.3, -0.25) is 14.8 Å². The lowest BCUT2D eigenvalue weighted by Crippen LogP contribution is -2.38. The summed E-state index contributed by atoms with van der Waals surface area (Å²) >= 11 is 0. The highest BCUT2D eigenvalue weighted by atomic mass is 127. The van der Waals surface area contributed by atoms with Crippen LogP contribution < -0.4 is 16.4 Å². The van der Waals surface area contributed by atoms with Gasteiger partial charge < -0.3 is 16.4 Å². The zero-order valence-corrected chi connectivity index (χ0v) is 11.8. The lowest BCUT2D eigenvalue weighted by Gasteiger charge is -2.06. The summed E-state index contributed by atoms with van der Waals surface area (Å²) in [6, 6.07) is 3.42. The minimum absolute atomic E-state index is 0. The average molecular weight is 349 g/mol. The highest BCUT2D eigenvalue weighted by Gasteiger charge is 2.02. The van der Waals surface area contributed by atoms with Crippen molar-refractivity contribution in [2.75, 3.05) is 20.1 Å². The fourth-order valence-corrected chi connectivity index (χ4v) is 1.04. The number of carbonyl (C=O) groups is 1. The molecule has 0 atom stereocenters. The maximum atomic E-state index is 11.5. The van der Waals surface area contributed by atoms with Crippen molar-refractivity contribution >= 4 is 35.8 Å². The minimum atomic E-state index is -0.151. The maximum Gasteiger partial charge on any atom is 0.252 e. The van der Waals surface area contributed by atoms with E-state index in [4.69, 9.17) is 5.73 Å². The van der Waals surface area contributed by atoms with Crippen molar-refractivity contribution in [3.8, 4) is 0 Å². The number of carbonyl (C=O) groups excluding carboxylic acids is 1. The smallest absolute Gasteiger partial charge is 0.252 e. The molecule has 94 valence electrons. The van der Waals surface area contributed by atoms with Crippen molar-refractivity contribution < 1.29 is 4.79 Å². The van der Waals surface area contributed by atoms with Crippen LogP contribution in [0.2, 0.25) is 0 Å². The summed E-state index contributed by atoms with van der Waals surface area (Å²) in [5, 5.41) is 5.56. The molecule has 0 saturated heterocycles. The summed E-state index contributed by atoms with van der Waals surface area (Å²) in [7, 11) is 1.59. The quantitative estimate of drug-likeness (QED) is 0.308. The number of aromatic nitrogens is 1. The number of amides is 1. The second-order valence-corrected chi connectivity index (χ2v) is 3.03. The molecule has 0 unspecified atom stereocenters. The van der Waals surface area contributed by atoms with Crippen molar-refractivity contribution in [2.24, 2.45) is 10.7 Å². The Balaban J connectivity index is 0.00000256. The van der Waals surface area contributed by atoms with Crippen LogP contribution in [0.25, 0.3) is 0 Å². The van der Waals surface area contributed by atoms with Gasteiger partial charge in [0.15, 0.2) is 5.96 Å². The van der Waals surface area contributed by atoms with Crippen LogP contribution in [0.4, 0.5) is 0 Å². The first-order valence-corrected chi connectivity index (χ1v) is 4.88. The third kappa shape index (κ3) is 6.05. The second-order valence-electron chi connectivity index (χ2n) is 3.03. The largest absolute Gasteiger partial charge is 0.370 e. The summed E-state index contributed by atoms with van der Waals surface area (Å²) < 4.78 is 0. The van der Waals surface area contributed by atoms with E-state index in [2.05, 4.69) is 20.6 Å². The second kappa shape index (κ2) is 8.74. The molecule has 0 aromatic carbocycles. The van der Waals surface area contributed by atoms with Crippen LogP contribution in [0.3, 0.4) is 0 Å². The van der Waals surface area contributed by atoms with Crippen molar-refractivity contribution in [2.45, 2.75) is 0 Å². The standard InChI is InChI=1S/C10H15N5O.HI/c1-12-10(11)15-6-5-14-9(16)8-3-2-4-13-7-8;/h2-4,7H,5-6H2,1H3,(H,14,16)(H3,11,12,15);1H. The first-order valence-electron chi connectivity index (χ1n) is 4.88. The Labute approximate surface area is 117 Å². The first kappa shape index (κ1) is 15.6. The molecule has 0 fully saturated rings. The molecule has 4 N–H and O–H groups in total. The number of nitrogens with two attached hydrogens (primary N) is 1. The number of hydrogen-bond donors (Lipinski definition) is 3. The predicted octanol–water partition coefficient (Wildman–Crippen LogP) is -0.0365. The van der Waals surface area contributed by atoms with Gasteiger partial charge in [0, 0.05) is 32.5 Å². The number of aliphatic imine (C=N–C) groups is 1. The van der Waals surface area contributed by atoms with Gasteiger partial charge in [-0.1, -0.05) is 0 Å². The highest BCUT2D eigenvalue weighted by molar-refractivity contribution is 14.0. The highest BCUT2D eigenvalue weighted by Crippen LogP contribution is 1.93. The Kier molecular flexibility index (Phi) is 8.03.